The standard InChI is InChI=1S/C58H86O19/c1-31-50(61)39(65-8)26-47(69-31)75-52-33(3)71-49(28-41(52)67-10)77-53-34(4)72-48(29-42(53)68-11)76-51-32(2)70-46(27-40(51)66-9)73-38-20-21-54(6)37(25-38)19-22-57(63)43(54)30-44(74-45(60)18-17-36-15-13-12-14-16-36)55(7)56(62,35(5)59)23-24-58(55,57)64/h12-19,31-34,38-44,46-53,61-64H,20-30H2,1-11H3/b18-17+/t31-,32+,33+,34-,38-,39+,40-,41-,42-,43+,44+,46-,47-,48-,49-,50-,51+,52+,53+,54-,55+,56+,57-,58+/m0/s1. The van der Waals surface area contributed by atoms with Crippen molar-refractivity contribution in [1.82, 2.24) is 0 Å². The van der Waals surface area contributed by atoms with Crippen LogP contribution in [0, 0.1) is 16.7 Å². The number of hydrogen-bond donors (Lipinski definition) is 4. The van der Waals surface area contributed by atoms with Crippen LogP contribution in [-0.4, -0.2) is 188 Å². The predicted octanol–water partition coefficient (Wildman–Crippen LogP) is 5.24. The van der Waals surface area contributed by atoms with Crippen molar-refractivity contribution in [2.45, 2.75) is 247 Å². The average molecular weight is 1090 g/mol. The van der Waals surface area contributed by atoms with Gasteiger partial charge in [-0.3, -0.25) is 4.79 Å². The molecule has 0 radical (unpaired) electrons. The quantitative estimate of drug-likeness (QED) is 0.0942. The van der Waals surface area contributed by atoms with Crippen LogP contribution < -0.4 is 0 Å². The second kappa shape index (κ2) is 23.2. The summed E-state index contributed by atoms with van der Waals surface area (Å²) in [5, 5.41) is 48.6. The molecule has 9 rings (SSSR count). The molecule has 24 atom stereocenters. The van der Waals surface area contributed by atoms with E-state index in [1.54, 1.807) is 48.4 Å². The zero-order chi connectivity index (χ0) is 55.4. The molecule has 4 N–H and O–H groups in total. The normalized spacial score (nSPS) is 48.1. The van der Waals surface area contributed by atoms with Crippen molar-refractivity contribution >= 4 is 17.8 Å². The number of aliphatic hydroxyl groups excluding tert-OH is 1. The highest BCUT2D eigenvalue weighted by Crippen LogP contribution is 2.71. The first kappa shape index (κ1) is 58.8. The molecular weight excluding hydrogens is 1000 g/mol. The molecule has 4 saturated heterocycles. The Labute approximate surface area is 453 Å². The van der Waals surface area contributed by atoms with E-state index in [1.165, 1.54) is 13.0 Å². The van der Waals surface area contributed by atoms with Crippen molar-refractivity contribution in [2.24, 2.45) is 16.7 Å². The second-order valence-electron chi connectivity index (χ2n) is 23.6. The molecule has 1 aromatic carbocycles. The number of ether oxygens (including phenoxy) is 13. The van der Waals surface area contributed by atoms with E-state index in [4.69, 9.17) is 61.6 Å². The van der Waals surface area contributed by atoms with Gasteiger partial charge < -0.3 is 82.0 Å². The Balaban J connectivity index is 0.809. The molecule has 7 fully saturated rings. The minimum absolute atomic E-state index is 0.0493. The lowest BCUT2D eigenvalue weighted by molar-refractivity contribution is -0.347. The van der Waals surface area contributed by atoms with Crippen LogP contribution >= 0.6 is 0 Å². The number of ketones is 1. The number of carbonyl (C=O) groups excluding carboxylic acids is 2. The summed E-state index contributed by atoms with van der Waals surface area (Å²) in [5.41, 5.74) is -6.24. The zero-order valence-corrected chi connectivity index (χ0v) is 46.8. The Morgan fingerprint density at radius 1 is 0.649 bits per heavy atom. The van der Waals surface area contributed by atoms with E-state index >= 15 is 0 Å². The summed E-state index contributed by atoms with van der Waals surface area (Å²) in [4.78, 5) is 27.0. The average Bonchev–Trinajstić information content (AvgIpc) is 3.79. The zero-order valence-electron chi connectivity index (χ0n) is 46.8. The summed E-state index contributed by atoms with van der Waals surface area (Å²) in [6, 6.07) is 9.30. The van der Waals surface area contributed by atoms with E-state index in [0.29, 0.717) is 44.9 Å². The summed E-state index contributed by atoms with van der Waals surface area (Å²) < 4.78 is 81.6. The highest BCUT2D eigenvalue weighted by molar-refractivity contribution is 5.88. The first-order valence-electron chi connectivity index (χ1n) is 27.9. The van der Waals surface area contributed by atoms with Crippen LogP contribution in [0.25, 0.3) is 6.08 Å². The highest BCUT2D eigenvalue weighted by Gasteiger charge is 2.81. The minimum Gasteiger partial charge on any atom is -0.458 e. The van der Waals surface area contributed by atoms with Gasteiger partial charge in [0.15, 0.2) is 30.9 Å². The van der Waals surface area contributed by atoms with Crippen molar-refractivity contribution in [3.8, 4) is 0 Å². The van der Waals surface area contributed by atoms with Crippen LogP contribution in [0.2, 0.25) is 0 Å². The van der Waals surface area contributed by atoms with Gasteiger partial charge in [-0.15, -0.1) is 0 Å². The van der Waals surface area contributed by atoms with Crippen LogP contribution in [0.4, 0.5) is 0 Å². The molecule has 1 aromatic rings. The van der Waals surface area contributed by atoms with Gasteiger partial charge in [-0.2, -0.15) is 0 Å². The molecule has 4 aliphatic heterocycles. The van der Waals surface area contributed by atoms with Crippen molar-refractivity contribution in [2.75, 3.05) is 28.4 Å². The molecular formula is C58H86O19. The molecule has 4 aliphatic carbocycles. The van der Waals surface area contributed by atoms with Gasteiger partial charge in [-0.25, -0.2) is 4.79 Å². The number of Topliss-reactive ketones (excluding diaryl/α,β-unsaturated/α-hetero) is 1. The number of aliphatic hydroxyl groups is 4. The summed E-state index contributed by atoms with van der Waals surface area (Å²) in [7, 11) is 6.48. The number of rotatable bonds is 16. The summed E-state index contributed by atoms with van der Waals surface area (Å²) in [6.07, 6.45) is -1.19. The van der Waals surface area contributed by atoms with E-state index in [2.05, 4.69) is 6.92 Å². The molecule has 432 valence electrons. The smallest absolute Gasteiger partial charge is 0.331 e. The van der Waals surface area contributed by atoms with Crippen molar-refractivity contribution < 1.29 is 91.6 Å². The maximum atomic E-state index is 13.6. The third-order valence-corrected chi connectivity index (χ3v) is 19.6. The lowest BCUT2D eigenvalue weighted by Crippen LogP contribution is -2.78. The largest absolute Gasteiger partial charge is 0.458 e. The van der Waals surface area contributed by atoms with Crippen molar-refractivity contribution in [3.63, 3.8) is 0 Å². The Bertz CT molecular complexity index is 2270. The minimum atomic E-state index is -2.05. The number of fused-ring (bicyclic) bond motifs is 5. The lowest BCUT2D eigenvalue weighted by atomic mass is 9.42. The van der Waals surface area contributed by atoms with Gasteiger partial charge in [0.1, 0.15) is 47.3 Å². The van der Waals surface area contributed by atoms with E-state index in [1.807, 2.05) is 57.2 Å². The number of esters is 1. The molecule has 3 saturated carbocycles. The summed E-state index contributed by atoms with van der Waals surface area (Å²) >= 11 is 0. The van der Waals surface area contributed by atoms with Gasteiger partial charge in [0.2, 0.25) is 0 Å². The molecule has 19 heteroatoms. The summed E-state index contributed by atoms with van der Waals surface area (Å²) in [5.74, 6) is -1.80. The van der Waals surface area contributed by atoms with Gasteiger partial charge >= 0.3 is 5.97 Å². The Kier molecular flexibility index (Phi) is 17.7. The lowest BCUT2D eigenvalue weighted by Gasteiger charge is -2.67. The van der Waals surface area contributed by atoms with Crippen LogP contribution in [0.3, 0.4) is 0 Å². The highest BCUT2D eigenvalue weighted by atomic mass is 16.8. The molecule has 0 unspecified atom stereocenters. The Hall–Kier alpha value is -2.80. The molecule has 0 spiro atoms. The fourth-order valence-electron chi connectivity index (χ4n) is 15.0. The molecule has 19 nitrogen and oxygen atoms in total. The fourth-order valence-corrected chi connectivity index (χ4v) is 15.0. The van der Waals surface area contributed by atoms with Gasteiger partial charge in [-0.05, 0) is 104 Å². The van der Waals surface area contributed by atoms with Crippen molar-refractivity contribution in [1.29, 1.82) is 0 Å². The molecule has 0 aromatic heterocycles. The topological polar surface area (TPSA) is 235 Å². The Morgan fingerprint density at radius 3 is 1.65 bits per heavy atom. The first-order valence-corrected chi connectivity index (χ1v) is 27.9. The second-order valence-corrected chi connectivity index (χ2v) is 23.6. The predicted molar refractivity (Wildman–Crippen MR) is 275 cm³/mol. The monoisotopic (exact) mass is 1090 g/mol. The number of benzene rings is 1. The molecule has 0 amide bonds. The van der Waals surface area contributed by atoms with E-state index in [-0.39, 0.29) is 37.9 Å². The van der Waals surface area contributed by atoms with Crippen LogP contribution in [-0.2, 0) is 71.2 Å². The van der Waals surface area contributed by atoms with Crippen molar-refractivity contribution in [3.05, 3.63) is 53.6 Å². The number of hydrogen-bond acceptors (Lipinski definition) is 19. The molecule has 0 bridgehead atoms. The maximum Gasteiger partial charge on any atom is 0.331 e. The van der Waals surface area contributed by atoms with E-state index < -0.39 is 144 Å². The van der Waals surface area contributed by atoms with Crippen LogP contribution in [0.1, 0.15) is 125 Å². The fraction of sp³-hybridized carbons (Fsp3) is 0.793. The van der Waals surface area contributed by atoms with Gasteiger partial charge in [0.05, 0.1) is 60.4 Å². The van der Waals surface area contributed by atoms with Crippen LogP contribution in [0.5, 0.6) is 0 Å². The summed E-state index contributed by atoms with van der Waals surface area (Å²) in [6.45, 7) is 12.5. The van der Waals surface area contributed by atoms with E-state index in [0.717, 1.165) is 11.1 Å². The third kappa shape index (κ3) is 10.7. The molecule has 4 heterocycles. The van der Waals surface area contributed by atoms with Crippen LogP contribution in [0.15, 0.2) is 48.1 Å². The first-order chi connectivity index (χ1) is 36.6. The maximum absolute atomic E-state index is 13.6. The van der Waals surface area contributed by atoms with Gasteiger partial charge in [0.25, 0.3) is 0 Å². The molecule has 77 heavy (non-hydrogen) atoms. The van der Waals surface area contributed by atoms with Gasteiger partial charge in [0, 0.05) is 66.1 Å². The SMILES string of the molecule is CO[C@H]1C[C@H](O[C@H]2[C@@H](OC)C[C@H](O[C@H]3CC[C@@]4(C)C(=CC[C@]5(O)[C@@H]4C[C@@H](OC(=O)/C=C/c4ccccc4)[C@@]4(C)[C@]5(O)CC[C@@]4(O)C(C)=O)C3)O[C@@H]2C)O[C@@H](C)[C@H]1O[C@H]1C[C@H](OC)[C@H](O[C@H]2C[C@@H](OC)[C@@H](O)[C@H](C)O2)[C@@H](C)O1. The van der Waals surface area contributed by atoms with E-state index in [9.17, 15) is 30.0 Å². The number of carbonyl (C=O) groups is 2. The third-order valence-electron chi connectivity index (χ3n) is 19.6. The molecule has 8 aliphatic rings. The van der Waals surface area contributed by atoms with Gasteiger partial charge in [-0.1, -0.05) is 48.9 Å². The number of methoxy groups -OCH3 is 4. The Morgan fingerprint density at radius 2 is 1.14 bits per heavy atom.